The molecule has 3 aromatic rings. The topological polar surface area (TPSA) is 32.3 Å². The predicted molar refractivity (Wildman–Crippen MR) is 104 cm³/mol. The van der Waals surface area contributed by atoms with Crippen LogP contribution in [0.3, 0.4) is 0 Å². The number of carbonyl (C=O) groups excluding carboxylic acids is 1. The van der Waals surface area contributed by atoms with Crippen LogP contribution in [0.2, 0.25) is 0 Å². The van der Waals surface area contributed by atoms with Gasteiger partial charge in [0, 0.05) is 25.5 Å². The molecule has 1 amide bonds. The number of nitrogens with one attached hydrogen (secondary N) is 1. The minimum absolute atomic E-state index is 0.0324. The van der Waals surface area contributed by atoms with Crippen molar-refractivity contribution in [1.82, 2.24) is 0 Å². The molecule has 0 aliphatic heterocycles. The van der Waals surface area contributed by atoms with Crippen LogP contribution >= 0.6 is 0 Å². The van der Waals surface area contributed by atoms with E-state index < -0.39 is 0 Å². The average molecular weight is 330 g/mol. The molecule has 1 N–H and O–H groups in total. The van der Waals surface area contributed by atoms with E-state index in [9.17, 15) is 4.79 Å². The van der Waals surface area contributed by atoms with Crippen molar-refractivity contribution in [3.8, 4) is 0 Å². The van der Waals surface area contributed by atoms with Crippen molar-refractivity contribution in [2.45, 2.75) is 5.92 Å². The quantitative estimate of drug-likeness (QED) is 0.746. The van der Waals surface area contributed by atoms with E-state index in [2.05, 4.69) is 5.32 Å². The molecule has 3 nitrogen and oxygen atoms in total. The van der Waals surface area contributed by atoms with E-state index in [-0.39, 0.29) is 11.8 Å². The lowest BCUT2D eigenvalue weighted by Crippen LogP contribution is -2.22. The van der Waals surface area contributed by atoms with Crippen LogP contribution in [0.25, 0.3) is 0 Å². The van der Waals surface area contributed by atoms with Gasteiger partial charge in [0.15, 0.2) is 0 Å². The van der Waals surface area contributed by atoms with Crippen LogP contribution in [0.5, 0.6) is 0 Å². The van der Waals surface area contributed by atoms with Gasteiger partial charge < -0.3 is 10.2 Å². The van der Waals surface area contributed by atoms with Crippen LogP contribution < -0.4 is 10.2 Å². The molecule has 0 heterocycles. The van der Waals surface area contributed by atoms with Gasteiger partial charge in [-0.05, 0) is 35.4 Å². The van der Waals surface area contributed by atoms with Gasteiger partial charge in [0.05, 0.1) is 5.92 Å². The summed E-state index contributed by atoms with van der Waals surface area (Å²) in [6, 6.07) is 27.6. The molecule has 0 aliphatic rings. The molecule has 0 saturated heterocycles. The minimum Gasteiger partial charge on any atom is -0.378 e. The van der Waals surface area contributed by atoms with Gasteiger partial charge in [0.1, 0.15) is 0 Å². The van der Waals surface area contributed by atoms with E-state index >= 15 is 0 Å². The van der Waals surface area contributed by atoms with E-state index in [0.29, 0.717) is 0 Å². The molecule has 3 rings (SSSR count). The maximum Gasteiger partial charge on any atom is 0.236 e. The molecule has 25 heavy (non-hydrogen) atoms. The molecule has 0 spiro atoms. The van der Waals surface area contributed by atoms with Gasteiger partial charge in [-0.15, -0.1) is 0 Å². The first-order valence-electron chi connectivity index (χ1n) is 8.33. The summed E-state index contributed by atoms with van der Waals surface area (Å²) < 4.78 is 0. The molecule has 0 saturated carbocycles. The van der Waals surface area contributed by atoms with Crippen LogP contribution in [0.15, 0.2) is 84.9 Å². The zero-order valence-electron chi connectivity index (χ0n) is 14.5. The highest BCUT2D eigenvalue weighted by molar-refractivity contribution is 5.98. The van der Waals surface area contributed by atoms with Crippen molar-refractivity contribution in [1.29, 1.82) is 0 Å². The van der Waals surface area contributed by atoms with Gasteiger partial charge in [0.25, 0.3) is 0 Å². The van der Waals surface area contributed by atoms with Crippen LogP contribution in [-0.4, -0.2) is 20.0 Å². The summed E-state index contributed by atoms with van der Waals surface area (Å²) >= 11 is 0. The van der Waals surface area contributed by atoms with Crippen molar-refractivity contribution in [3.63, 3.8) is 0 Å². The fourth-order valence-corrected chi connectivity index (χ4v) is 2.84. The number of hydrogen-bond acceptors (Lipinski definition) is 2. The average Bonchev–Trinajstić information content (AvgIpc) is 2.64. The lowest BCUT2D eigenvalue weighted by molar-refractivity contribution is -0.116. The highest BCUT2D eigenvalue weighted by atomic mass is 16.1. The fraction of sp³-hybridized carbons (Fsp3) is 0.136. The second-order valence-electron chi connectivity index (χ2n) is 6.18. The van der Waals surface area contributed by atoms with E-state index in [1.807, 2.05) is 104 Å². The molecule has 0 unspecified atom stereocenters. The first-order chi connectivity index (χ1) is 12.1. The summed E-state index contributed by atoms with van der Waals surface area (Å²) in [6.45, 7) is 0. The number of hydrogen-bond donors (Lipinski definition) is 1. The third-order valence-electron chi connectivity index (χ3n) is 4.18. The molecule has 0 radical (unpaired) electrons. The van der Waals surface area contributed by atoms with Gasteiger partial charge in [-0.1, -0.05) is 60.7 Å². The largest absolute Gasteiger partial charge is 0.378 e. The standard InChI is InChI=1S/C22H22N2O/c1-24(2)20-15-13-19(14-16-20)23-22(25)21(17-9-5-3-6-10-17)18-11-7-4-8-12-18/h3-16,21H,1-2H3,(H,23,25). The number of rotatable bonds is 5. The van der Waals surface area contributed by atoms with E-state index in [0.717, 1.165) is 22.5 Å². The Morgan fingerprint density at radius 1 is 0.760 bits per heavy atom. The lowest BCUT2D eigenvalue weighted by atomic mass is 9.90. The maximum absolute atomic E-state index is 13.0. The number of benzene rings is 3. The van der Waals surface area contributed by atoms with Crippen molar-refractivity contribution in [3.05, 3.63) is 96.1 Å². The Hall–Kier alpha value is -3.07. The highest BCUT2D eigenvalue weighted by Gasteiger charge is 2.22. The zero-order valence-corrected chi connectivity index (χ0v) is 14.5. The summed E-state index contributed by atoms with van der Waals surface area (Å²) in [5, 5.41) is 3.05. The molecule has 0 aliphatic carbocycles. The first kappa shape index (κ1) is 16.8. The Kier molecular flexibility index (Phi) is 5.14. The highest BCUT2D eigenvalue weighted by Crippen LogP contribution is 2.26. The number of nitrogens with zero attached hydrogens (tertiary/aromatic N) is 1. The first-order valence-corrected chi connectivity index (χ1v) is 8.33. The number of anilines is 2. The Labute approximate surface area is 148 Å². The van der Waals surface area contributed by atoms with Gasteiger partial charge in [-0.2, -0.15) is 0 Å². The molecular formula is C22H22N2O. The molecule has 0 bridgehead atoms. The van der Waals surface area contributed by atoms with Gasteiger partial charge in [0.2, 0.25) is 5.91 Å². The molecule has 3 aromatic carbocycles. The van der Waals surface area contributed by atoms with E-state index in [1.165, 1.54) is 0 Å². The molecule has 0 atom stereocenters. The minimum atomic E-state index is -0.337. The van der Waals surface area contributed by atoms with Crippen LogP contribution in [0.4, 0.5) is 11.4 Å². The molecule has 0 fully saturated rings. The third kappa shape index (κ3) is 4.07. The predicted octanol–water partition coefficient (Wildman–Crippen LogP) is 4.52. The summed E-state index contributed by atoms with van der Waals surface area (Å²) in [7, 11) is 3.99. The Morgan fingerprint density at radius 2 is 1.24 bits per heavy atom. The maximum atomic E-state index is 13.0. The summed E-state index contributed by atoms with van der Waals surface area (Å²) in [4.78, 5) is 15.0. The summed E-state index contributed by atoms with van der Waals surface area (Å²) in [5.74, 6) is -0.370. The van der Waals surface area contributed by atoms with E-state index in [1.54, 1.807) is 0 Å². The van der Waals surface area contributed by atoms with Crippen molar-refractivity contribution < 1.29 is 4.79 Å². The Balaban J connectivity index is 1.87. The van der Waals surface area contributed by atoms with Crippen LogP contribution in [0, 0.1) is 0 Å². The molecule has 3 heteroatoms. The second-order valence-corrected chi connectivity index (χ2v) is 6.18. The summed E-state index contributed by atoms with van der Waals surface area (Å²) in [5.41, 5.74) is 3.86. The van der Waals surface area contributed by atoms with Crippen LogP contribution in [0.1, 0.15) is 17.0 Å². The molecule has 126 valence electrons. The third-order valence-corrected chi connectivity index (χ3v) is 4.18. The van der Waals surface area contributed by atoms with Crippen molar-refractivity contribution in [2.24, 2.45) is 0 Å². The number of carbonyl (C=O) groups is 1. The monoisotopic (exact) mass is 330 g/mol. The summed E-state index contributed by atoms with van der Waals surface area (Å²) in [6.07, 6.45) is 0. The smallest absolute Gasteiger partial charge is 0.236 e. The molecular weight excluding hydrogens is 308 g/mol. The van der Waals surface area contributed by atoms with Crippen molar-refractivity contribution >= 4 is 17.3 Å². The van der Waals surface area contributed by atoms with Crippen LogP contribution in [-0.2, 0) is 4.79 Å². The fourth-order valence-electron chi connectivity index (χ4n) is 2.84. The SMILES string of the molecule is CN(C)c1ccc(NC(=O)C(c2ccccc2)c2ccccc2)cc1. The van der Waals surface area contributed by atoms with E-state index in [4.69, 9.17) is 0 Å². The van der Waals surface area contributed by atoms with Crippen molar-refractivity contribution in [2.75, 3.05) is 24.3 Å². The van der Waals surface area contributed by atoms with Gasteiger partial charge in [-0.25, -0.2) is 0 Å². The second kappa shape index (κ2) is 7.67. The lowest BCUT2D eigenvalue weighted by Gasteiger charge is -2.18. The van der Waals surface area contributed by atoms with Gasteiger partial charge in [-0.3, -0.25) is 4.79 Å². The van der Waals surface area contributed by atoms with Gasteiger partial charge >= 0.3 is 0 Å². The Morgan fingerprint density at radius 3 is 1.68 bits per heavy atom. The Bertz CT molecular complexity index is 772. The normalized spacial score (nSPS) is 10.5. The zero-order chi connectivity index (χ0) is 17.6. The molecule has 0 aromatic heterocycles. The number of amides is 1.